The fourth-order valence-corrected chi connectivity index (χ4v) is 5.02. The molecular weight excluding hydrogens is 366 g/mol. The van der Waals surface area contributed by atoms with Crippen LogP contribution in [-0.4, -0.2) is 19.9 Å². The molecule has 0 amide bonds. The number of benzene rings is 2. The molecule has 0 spiro atoms. The number of rotatable bonds is 3. The topological polar surface area (TPSA) is 30.8 Å². The minimum absolute atomic E-state index is 0.204. The molecule has 3 nitrogen and oxygen atoms in total. The van der Waals surface area contributed by atoms with Crippen molar-refractivity contribution in [1.82, 2.24) is 0 Å². The molecule has 0 N–H and O–H groups in total. The molecule has 0 bridgehead atoms. The highest BCUT2D eigenvalue weighted by molar-refractivity contribution is 7.08. The van der Waals surface area contributed by atoms with Crippen LogP contribution in [0.2, 0.25) is 0 Å². The summed E-state index contributed by atoms with van der Waals surface area (Å²) >= 11 is 1.72. The first kappa shape index (κ1) is 17.3. The molecule has 5 rings (SSSR count). The summed E-state index contributed by atoms with van der Waals surface area (Å²) in [5.41, 5.74) is 9.20. The number of nitrogens with zero attached hydrogens (tertiary/aromatic N) is 1. The zero-order valence-corrected chi connectivity index (χ0v) is 17.2. The smallest absolute Gasteiger partial charge is 0.119 e. The van der Waals surface area contributed by atoms with Gasteiger partial charge in [-0.05, 0) is 81.1 Å². The van der Waals surface area contributed by atoms with Gasteiger partial charge in [0.05, 0.1) is 25.6 Å². The fourth-order valence-electron chi connectivity index (χ4n) is 4.38. The van der Waals surface area contributed by atoms with Gasteiger partial charge < -0.3 is 9.47 Å². The van der Waals surface area contributed by atoms with Crippen LogP contribution < -0.4 is 9.47 Å². The van der Waals surface area contributed by atoms with E-state index in [9.17, 15) is 0 Å². The van der Waals surface area contributed by atoms with Crippen LogP contribution in [0, 0.1) is 0 Å². The molecule has 0 saturated heterocycles. The van der Waals surface area contributed by atoms with Gasteiger partial charge in [0.2, 0.25) is 0 Å². The molecule has 2 heterocycles. The van der Waals surface area contributed by atoms with Crippen molar-refractivity contribution < 1.29 is 9.47 Å². The first-order valence-electron chi connectivity index (χ1n) is 9.28. The summed E-state index contributed by atoms with van der Waals surface area (Å²) in [6, 6.07) is 14.6. The van der Waals surface area contributed by atoms with E-state index in [0.717, 1.165) is 22.9 Å². The van der Waals surface area contributed by atoms with Crippen LogP contribution >= 0.6 is 11.3 Å². The molecule has 0 saturated carbocycles. The van der Waals surface area contributed by atoms with Crippen molar-refractivity contribution in [2.24, 2.45) is 4.99 Å². The van der Waals surface area contributed by atoms with Crippen molar-refractivity contribution in [2.75, 3.05) is 14.2 Å². The predicted molar refractivity (Wildman–Crippen MR) is 116 cm³/mol. The third kappa shape index (κ3) is 2.31. The fraction of sp³-hybridized carbons (Fsp3) is 0.208. The van der Waals surface area contributed by atoms with Gasteiger partial charge in [0, 0.05) is 11.0 Å². The summed E-state index contributed by atoms with van der Waals surface area (Å²) < 4.78 is 11.0. The number of allylic oxidation sites excluding steroid dienone is 1. The first-order chi connectivity index (χ1) is 13.5. The van der Waals surface area contributed by atoms with Crippen LogP contribution in [-0.2, 0) is 5.41 Å². The maximum atomic E-state index is 5.53. The standard InChI is InChI=1S/C24H21NO2S/c1-24(2)19-12-16(27-4)6-8-20(19)25-23-17-7-5-15(26-3)11-18(17)21(22(23)24)14-9-10-28-13-14/h5-13H,1-4H3. The Balaban J connectivity index is 1.87. The molecule has 4 heteroatoms. The lowest BCUT2D eigenvalue weighted by Gasteiger charge is -2.34. The number of thiophene rings is 1. The summed E-state index contributed by atoms with van der Waals surface area (Å²) in [4.78, 5) is 5.10. The average molecular weight is 388 g/mol. The van der Waals surface area contributed by atoms with E-state index in [2.05, 4.69) is 54.9 Å². The molecule has 0 atom stereocenters. The molecule has 0 unspecified atom stereocenters. The lowest BCUT2D eigenvalue weighted by molar-refractivity contribution is 0.413. The maximum absolute atomic E-state index is 5.53. The Morgan fingerprint density at radius 2 is 1.64 bits per heavy atom. The largest absolute Gasteiger partial charge is 0.497 e. The van der Waals surface area contributed by atoms with Gasteiger partial charge in [-0.1, -0.05) is 13.8 Å². The normalized spacial score (nSPS) is 16.2. The van der Waals surface area contributed by atoms with Crippen LogP contribution in [0.4, 0.5) is 5.69 Å². The number of ether oxygens (including phenoxy) is 2. The van der Waals surface area contributed by atoms with Gasteiger partial charge in [0.1, 0.15) is 11.5 Å². The Labute approximate surface area is 169 Å². The molecule has 28 heavy (non-hydrogen) atoms. The van der Waals surface area contributed by atoms with Crippen LogP contribution in [0.1, 0.15) is 36.1 Å². The molecular formula is C24H21NO2S. The minimum Gasteiger partial charge on any atom is -0.497 e. The Hall–Kier alpha value is -2.85. The minimum atomic E-state index is -0.204. The van der Waals surface area contributed by atoms with Gasteiger partial charge in [-0.15, -0.1) is 0 Å². The molecule has 3 aromatic rings. The van der Waals surface area contributed by atoms with Gasteiger partial charge in [0.15, 0.2) is 0 Å². The van der Waals surface area contributed by atoms with Crippen molar-refractivity contribution in [3.05, 3.63) is 81.1 Å². The van der Waals surface area contributed by atoms with E-state index in [4.69, 9.17) is 14.5 Å². The molecule has 140 valence electrons. The lowest BCUT2D eigenvalue weighted by atomic mass is 9.72. The Morgan fingerprint density at radius 3 is 2.36 bits per heavy atom. The van der Waals surface area contributed by atoms with Crippen LogP contribution in [0.25, 0.3) is 5.57 Å². The Kier molecular flexibility index (Phi) is 3.75. The second-order valence-electron chi connectivity index (χ2n) is 7.64. The van der Waals surface area contributed by atoms with Crippen LogP contribution in [0.5, 0.6) is 11.5 Å². The third-order valence-electron chi connectivity index (χ3n) is 5.78. The zero-order valence-electron chi connectivity index (χ0n) is 16.4. The third-order valence-corrected chi connectivity index (χ3v) is 6.47. The summed E-state index contributed by atoms with van der Waals surface area (Å²) in [6.07, 6.45) is 0. The van der Waals surface area contributed by atoms with Gasteiger partial charge in [-0.2, -0.15) is 11.3 Å². The van der Waals surface area contributed by atoms with Gasteiger partial charge >= 0.3 is 0 Å². The predicted octanol–water partition coefficient (Wildman–Crippen LogP) is 5.99. The van der Waals surface area contributed by atoms with E-state index in [-0.39, 0.29) is 5.41 Å². The van der Waals surface area contributed by atoms with E-state index in [1.54, 1.807) is 25.6 Å². The van der Waals surface area contributed by atoms with Gasteiger partial charge in [0.25, 0.3) is 0 Å². The Morgan fingerprint density at radius 1 is 0.893 bits per heavy atom. The molecule has 1 aliphatic heterocycles. The second-order valence-corrected chi connectivity index (χ2v) is 8.42. The van der Waals surface area contributed by atoms with E-state index in [0.29, 0.717) is 0 Å². The molecule has 0 fully saturated rings. The van der Waals surface area contributed by atoms with Crippen LogP contribution in [0.15, 0.2) is 63.8 Å². The monoisotopic (exact) mass is 387 g/mol. The van der Waals surface area contributed by atoms with E-state index in [1.807, 2.05) is 12.1 Å². The number of aliphatic imine (C=N–C) groups is 1. The molecule has 2 aromatic carbocycles. The molecule has 2 aliphatic rings. The van der Waals surface area contributed by atoms with E-state index in [1.165, 1.54) is 33.4 Å². The Bertz CT molecular complexity index is 1150. The SMILES string of the molecule is COc1ccc2c(c1)C(c1ccsc1)=C1C2=Nc2ccc(OC)cc2C1(C)C. The van der Waals surface area contributed by atoms with Gasteiger partial charge in [-0.25, -0.2) is 4.99 Å². The lowest BCUT2D eigenvalue weighted by Crippen LogP contribution is -2.28. The summed E-state index contributed by atoms with van der Waals surface area (Å²) in [5, 5.41) is 4.34. The zero-order chi connectivity index (χ0) is 19.5. The summed E-state index contributed by atoms with van der Waals surface area (Å²) in [6.45, 7) is 4.57. The highest BCUT2D eigenvalue weighted by Gasteiger charge is 2.42. The second kappa shape index (κ2) is 6.08. The quantitative estimate of drug-likeness (QED) is 0.552. The van der Waals surface area contributed by atoms with Crippen molar-refractivity contribution in [2.45, 2.75) is 19.3 Å². The van der Waals surface area contributed by atoms with Crippen molar-refractivity contribution in [3.63, 3.8) is 0 Å². The molecule has 0 radical (unpaired) electrons. The van der Waals surface area contributed by atoms with Crippen molar-refractivity contribution in [1.29, 1.82) is 0 Å². The summed E-state index contributed by atoms with van der Waals surface area (Å²) in [5.74, 6) is 1.73. The highest BCUT2D eigenvalue weighted by atomic mass is 32.1. The number of fused-ring (bicyclic) bond motifs is 4. The molecule has 1 aliphatic carbocycles. The van der Waals surface area contributed by atoms with Crippen molar-refractivity contribution >= 4 is 28.3 Å². The van der Waals surface area contributed by atoms with Gasteiger partial charge in [-0.3, -0.25) is 0 Å². The number of hydrogen-bond acceptors (Lipinski definition) is 4. The van der Waals surface area contributed by atoms with E-state index < -0.39 is 0 Å². The summed E-state index contributed by atoms with van der Waals surface area (Å²) in [7, 11) is 3.42. The number of hydrogen-bond donors (Lipinski definition) is 0. The van der Waals surface area contributed by atoms with Crippen LogP contribution in [0.3, 0.4) is 0 Å². The van der Waals surface area contributed by atoms with Crippen molar-refractivity contribution in [3.8, 4) is 11.5 Å². The molecule has 1 aromatic heterocycles. The van der Waals surface area contributed by atoms with E-state index >= 15 is 0 Å². The number of methoxy groups -OCH3 is 2. The average Bonchev–Trinajstić information content (AvgIpc) is 3.34. The first-order valence-corrected chi connectivity index (χ1v) is 10.2. The highest BCUT2D eigenvalue weighted by Crippen LogP contribution is 2.53. The maximum Gasteiger partial charge on any atom is 0.119 e.